The van der Waals surface area contributed by atoms with E-state index in [4.69, 9.17) is 0 Å². The molecule has 0 unspecified atom stereocenters. The summed E-state index contributed by atoms with van der Waals surface area (Å²) in [5, 5.41) is 0.886. The van der Waals surface area contributed by atoms with Gasteiger partial charge in [-0.25, -0.2) is 15.0 Å². The van der Waals surface area contributed by atoms with E-state index in [0.717, 1.165) is 25.4 Å². The van der Waals surface area contributed by atoms with E-state index in [1.54, 1.807) is 6.33 Å². The van der Waals surface area contributed by atoms with Crippen molar-refractivity contribution in [3.8, 4) is 0 Å². The summed E-state index contributed by atoms with van der Waals surface area (Å²) in [5.41, 5.74) is 0.939. The first kappa shape index (κ1) is 11.0. The number of aryl methyl sites for hydroxylation is 2. The lowest BCUT2D eigenvalue weighted by molar-refractivity contribution is 0.918. The highest BCUT2D eigenvalue weighted by Gasteiger charge is 2.10. The Labute approximate surface area is 104 Å². The van der Waals surface area contributed by atoms with E-state index in [-0.39, 0.29) is 0 Å². The first-order chi connectivity index (χ1) is 7.16. The van der Waals surface area contributed by atoms with Gasteiger partial charge in [0.25, 0.3) is 0 Å². The lowest BCUT2D eigenvalue weighted by Gasteiger charge is -2.04. The van der Waals surface area contributed by atoms with Gasteiger partial charge in [-0.3, -0.25) is 0 Å². The van der Waals surface area contributed by atoms with Crippen LogP contribution in [-0.4, -0.2) is 19.3 Å². The molecule has 0 radical (unpaired) electrons. The number of halogens is 1. The predicted octanol–water partition coefficient (Wildman–Crippen LogP) is 2.86. The Morgan fingerprint density at radius 2 is 2.13 bits per heavy atom. The number of hydrogen-bond acceptors (Lipinski definition) is 6. The second kappa shape index (κ2) is 4.54. The minimum Gasteiger partial charge on any atom is -0.237 e. The van der Waals surface area contributed by atoms with Crippen LogP contribution in [-0.2, 0) is 0 Å². The van der Waals surface area contributed by atoms with Crippen molar-refractivity contribution in [3.05, 3.63) is 22.3 Å². The molecule has 7 heteroatoms. The van der Waals surface area contributed by atoms with Gasteiger partial charge in [-0.1, -0.05) is 0 Å². The standard InChI is InChI=1S/C8H7BrN4S2/c1-4-6(9)7(13-5(2)12-4)14-8-10-3-11-15-8/h3H,1-2H3. The zero-order chi connectivity index (χ0) is 10.8. The zero-order valence-electron chi connectivity index (χ0n) is 8.06. The Bertz CT molecular complexity index is 472. The number of hydrogen-bond donors (Lipinski definition) is 0. The fourth-order valence-corrected chi connectivity index (χ4v) is 2.92. The minimum absolute atomic E-state index is 0.766. The zero-order valence-corrected chi connectivity index (χ0v) is 11.3. The molecule has 2 rings (SSSR count). The quantitative estimate of drug-likeness (QED) is 0.799. The summed E-state index contributed by atoms with van der Waals surface area (Å²) in [6.45, 7) is 3.83. The average molecular weight is 303 g/mol. The molecule has 0 atom stereocenters. The summed E-state index contributed by atoms with van der Waals surface area (Å²) in [7, 11) is 0. The molecule has 2 aromatic rings. The van der Waals surface area contributed by atoms with E-state index < -0.39 is 0 Å². The van der Waals surface area contributed by atoms with E-state index in [1.807, 2.05) is 13.8 Å². The van der Waals surface area contributed by atoms with Gasteiger partial charge < -0.3 is 0 Å². The Morgan fingerprint density at radius 3 is 2.80 bits per heavy atom. The van der Waals surface area contributed by atoms with E-state index in [1.165, 1.54) is 23.3 Å². The average Bonchev–Trinajstić information content (AvgIpc) is 2.66. The number of rotatable bonds is 2. The van der Waals surface area contributed by atoms with Crippen molar-refractivity contribution in [2.24, 2.45) is 0 Å². The Kier molecular flexibility index (Phi) is 3.32. The normalized spacial score (nSPS) is 10.6. The molecule has 0 amide bonds. The second-order valence-electron chi connectivity index (χ2n) is 2.78. The summed E-state index contributed by atoms with van der Waals surface area (Å²) in [6, 6.07) is 0. The van der Waals surface area contributed by atoms with E-state index >= 15 is 0 Å². The molecule has 15 heavy (non-hydrogen) atoms. The minimum atomic E-state index is 0.766. The van der Waals surface area contributed by atoms with E-state index in [2.05, 4.69) is 35.3 Å². The number of nitrogens with zero attached hydrogens (tertiary/aromatic N) is 4. The maximum Gasteiger partial charge on any atom is 0.176 e. The van der Waals surface area contributed by atoms with Crippen molar-refractivity contribution < 1.29 is 0 Å². The molecule has 0 aliphatic heterocycles. The van der Waals surface area contributed by atoms with Crippen LogP contribution in [0.5, 0.6) is 0 Å². The lowest BCUT2D eigenvalue weighted by atomic mass is 10.4. The van der Waals surface area contributed by atoms with Gasteiger partial charge in [-0.05, 0) is 53.1 Å². The summed E-state index contributed by atoms with van der Waals surface area (Å²) in [6.07, 6.45) is 1.54. The monoisotopic (exact) mass is 302 g/mol. The molecule has 0 saturated heterocycles. The molecule has 0 spiro atoms. The highest BCUT2D eigenvalue weighted by atomic mass is 79.9. The summed E-state index contributed by atoms with van der Waals surface area (Å²) in [5.74, 6) is 0.766. The van der Waals surface area contributed by atoms with Crippen LogP contribution < -0.4 is 0 Å². The van der Waals surface area contributed by atoms with Gasteiger partial charge in [0.15, 0.2) is 4.34 Å². The molecular formula is C8H7BrN4S2. The molecule has 0 aliphatic carbocycles. The van der Waals surface area contributed by atoms with Gasteiger partial charge in [0, 0.05) is 0 Å². The van der Waals surface area contributed by atoms with E-state index in [0.29, 0.717) is 0 Å². The number of aromatic nitrogens is 4. The summed E-state index contributed by atoms with van der Waals surface area (Å²) < 4.78 is 5.75. The van der Waals surface area contributed by atoms with Gasteiger partial charge in [0.1, 0.15) is 17.2 Å². The predicted molar refractivity (Wildman–Crippen MR) is 63.2 cm³/mol. The highest BCUT2D eigenvalue weighted by Crippen LogP contribution is 2.33. The summed E-state index contributed by atoms with van der Waals surface area (Å²) in [4.78, 5) is 12.7. The van der Waals surface area contributed by atoms with Crippen molar-refractivity contribution in [2.75, 3.05) is 0 Å². The molecule has 0 aliphatic rings. The third-order valence-electron chi connectivity index (χ3n) is 1.62. The van der Waals surface area contributed by atoms with Crippen LogP contribution in [0.15, 0.2) is 20.2 Å². The molecule has 78 valence electrons. The third kappa shape index (κ3) is 2.53. The fraction of sp³-hybridized carbons (Fsp3) is 0.250. The molecule has 2 aromatic heterocycles. The first-order valence-electron chi connectivity index (χ1n) is 4.12. The van der Waals surface area contributed by atoms with Crippen molar-refractivity contribution >= 4 is 39.2 Å². The Balaban J connectivity index is 2.36. The van der Waals surface area contributed by atoms with Crippen molar-refractivity contribution in [1.82, 2.24) is 19.3 Å². The first-order valence-corrected chi connectivity index (χ1v) is 6.50. The third-order valence-corrected chi connectivity index (χ3v) is 4.54. The van der Waals surface area contributed by atoms with Gasteiger partial charge in [-0.15, -0.1) is 0 Å². The molecule has 0 bridgehead atoms. The van der Waals surface area contributed by atoms with Gasteiger partial charge in [-0.2, -0.15) is 4.37 Å². The van der Waals surface area contributed by atoms with Crippen LogP contribution in [0.4, 0.5) is 0 Å². The van der Waals surface area contributed by atoms with Crippen LogP contribution in [0.25, 0.3) is 0 Å². The van der Waals surface area contributed by atoms with Crippen LogP contribution in [0.2, 0.25) is 0 Å². The smallest absolute Gasteiger partial charge is 0.176 e. The molecule has 0 aromatic carbocycles. The second-order valence-corrected chi connectivity index (χ2v) is 5.59. The van der Waals surface area contributed by atoms with Crippen LogP contribution in [0.1, 0.15) is 11.5 Å². The van der Waals surface area contributed by atoms with Crippen molar-refractivity contribution in [3.63, 3.8) is 0 Å². The fourth-order valence-electron chi connectivity index (χ4n) is 1.03. The van der Waals surface area contributed by atoms with Gasteiger partial charge >= 0.3 is 0 Å². The maximum absolute atomic E-state index is 4.35. The van der Waals surface area contributed by atoms with Crippen molar-refractivity contribution in [1.29, 1.82) is 0 Å². The molecule has 0 N–H and O–H groups in total. The van der Waals surface area contributed by atoms with Gasteiger partial charge in [0.05, 0.1) is 10.2 Å². The molecule has 4 nitrogen and oxygen atoms in total. The van der Waals surface area contributed by atoms with Crippen molar-refractivity contribution in [2.45, 2.75) is 23.2 Å². The van der Waals surface area contributed by atoms with E-state index in [9.17, 15) is 0 Å². The molecular weight excluding hydrogens is 296 g/mol. The van der Waals surface area contributed by atoms with Crippen LogP contribution in [0, 0.1) is 13.8 Å². The van der Waals surface area contributed by atoms with Crippen LogP contribution >= 0.6 is 39.2 Å². The lowest BCUT2D eigenvalue weighted by Crippen LogP contribution is -1.95. The molecule has 0 saturated carbocycles. The molecule has 0 fully saturated rings. The largest absolute Gasteiger partial charge is 0.237 e. The summed E-state index contributed by atoms with van der Waals surface area (Å²) >= 11 is 6.33. The topological polar surface area (TPSA) is 51.6 Å². The maximum atomic E-state index is 4.35. The Morgan fingerprint density at radius 1 is 1.33 bits per heavy atom. The highest BCUT2D eigenvalue weighted by molar-refractivity contribution is 9.10. The van der Waals surface area contributed by atoms with Crippen LogP contribution in [0.3, 0.4) is 0 Å². The van der Waals surface area contributed by atoms with Gasteiger partial charge in [0.2, 0.25) is 0 Å². The Hall–Kier alpha value is -0.530. The molecule has 2 heterocycles. The SMILES string of the molecule is Cc1nc(C)c(Br)c(Sc2ncns2)n1.